The highest BCUT2D eigenvalue weighted by atomic mass is 35.5. The van der Waals surface area contributed by atoms with E-state index in [9.17, 15) is 29.7 Å². The molecule has 0 aromatic heterocycles. The predicted molar refractivity (Wildman–Crippen MR) is 150 cm³/mol. The Kier molecular flexibility index (Phi) is 13.1. The van der Waals surface area contributed by atoms with Crippen LogP contribution in [0.1, 0.15) is 37.5 Å². The fourth-order valence-corrected chi connectivity index (χ4v) is 4.14. The molecule has 6 atom stereocenters. The highest BCUT2D eigenvalue weighted by Gasteiger charge is 2.29. The number of methoxy groups -OCH3 is 1. The van der Waals surface area contributed by atoms with E-state index < -0.39 is 54.0 Å². The fourth-order valence-electron chi connectivity index (χ4n) is 3.86. The van der Waals surface area contributed by atoms with Gasteiger partial charge in [0, 0.05) is 18.9 Å². The Labute approximate surface area is 238 Å². The van der Waals surface area contributed by atoms with Crippen LogP contribution in [0.25, 0.3) is 0 Å². The van der Waals surface area contributed by atoms with Gasteiger partial charge < -0.3 is 35.8 Å². The Morgan fingerprint density at radius 2 is 1.73 bits per heavy atom. The average Bonchev–Trinajstić information content (AvgIpc) is 2.94. The van der Waals surface area contributed by atoms with Crippen molar-refractivity contribution in [3.8, 4) is 5.75 Å². The van der Waals surface area contributed by atoms with Crippen LogP contribution >= 0.6 is 11.6 Å². The van der Waals surface area contributed by atoms with Crippen molar-refractivity contribution in [1.82, 2.24) is 10.6 Å². The molecule has 2 rings (SSSR count). The maximum atomic E-state index is 12.9. The molecule has 0 aliphatic carbocycles. The summed E-state index contributed by atoms with van der Waals surface area (Å²) in [6.07, 6.45) is -0.838. The lowest BCUT2D eigenvalue weighted by Gasteiger charge is -2.27. The summed E-state index contributed by atoms with van der Waals surface area (Å²) in [6, 6.07) is 12.5. The number of benzene rings is 2. The summed E-state index contributed by atoms with van der Waals surface area (Å²) in [5.74, 6) is -3.35. The molecular weight excluding hydrogens is 540 g/mol. The van der Waals surface area contributed by atoms with E-state index in [4.69, 9.17) is 21.4 Å². The van der Waals surface area contributed by atoms with Crippen molar-refractivity contribution in [3.63, 3.8) is 0 Å². The predicted octanol–water partition coefficient (Wildman–Crippen LogP) is 2.25. The smallest absolute Gasteiger partial charge is 0.308 e. The molecule has 6 N–H and O–H groups in total. The van der Waals surface area contributed by atoms with Gasteiger partial charge in [-0.25, -0.2) is 0 Å². The van der Waals surface area contributed by atoms with Gasteiger partial charge in [0.05, 0.1) is 30.3 Å². The van der Waals surface area contributed by atoms with E-state index >= 15 is 0 Å². The zero-order valence-electron chi connectivity index (χ0n) is 22.7. The molecule has 2 amide bonds. The molecule has 0 spiro atoms. The van der Waals surface area contributed by atoms with Crippen molar-refractivity contribution in [2.75, 3.05) is 13.7 Å². The minimum atomic E-state index is -1.24. The maximum Gasteiger partial charge on any atom is 0.308 e. The SMILES string of the molecule is COc1ccc(CC(NC(=O)C=CCC(O)C(C)C(O)C(O)c2ccccc2)C(=O)NCC(C)C(=O)O)cc1Cl. The quantitative estimate of drug-likeness (QED) is 0.176. The Morgan fingerprint density at radius 1 is 1.05 bits per heavy atom. The average molecular weight is 577 g/mol. The van der Waals surface area contributed by atoms with Crippen LogP contribution in [0.15, 0.2) is 60.7 Å². The minimum Gasteiger partial charge on any atom is -0.495 e. The van der Waals surface area contributed by atoms with Gasteiger partial charge in [-0.15, -0.1) is 0 Å². The van der Waals surface area contributed by atoms with E-state index in [0.29, 0.717) is 21.9 Å². The van der Waals surface area contributed by atoms with E-state index in [2.05, 4.69) is 10.6 Å². The number of aliphatic hydroxyl groups excluding tert-OH is 3. The topological polar surface area (TPSA) is 165 Å². The number of hydrogen-bond donors (Lipinski definition) is 6. The van der Waals surface area contributed by atoms with E-state index in [1.165, 1.54) is 20.1 Å². The number of rotatable bonds is 15. The summed E-state index contributed by atoms with van der Waals surface area (Å²) in [6.45, 7) is 2.92. The van der Waals surface area contributed by atoms with Crippen LogP contribution < -0.4 is 15.4 Å². The van der Waals surface area contributed by atoms with Gasteiger partial charge >= 0.3 is 5.97 Å². The van der Waals surface area contributed by atoms with Crippen molar-refractivity contribution in [1.29, 1.82) is 0 Å². The van der Waals surface area contributed by atoms with Gasteiger partial charge in [0.25, 0.3) is 0 Å². The Bertz CT molecular complexity index is 1160. The summed E-state index contributed by atoms with van der Waals surface area (Å²) in [4.78, 5) is 36.6. The molecule has 40 heavy (non-hydrogen) atoms. The Balaban J connectivity index is 2.03. The minimum absolute atomic E-state index is 0.00817. The largest absolute Gasteiger partial charge is 0.495 e. The second kappa shape index (κ2) is 16.0. The third kappa shape index (κ3) is 9.95. The van der Waals surface area contributed by atoms with Crippen LogP contribution in [0, 0.1) is 11.8 Å². The molecule has 2 aromatic carbocycles. The lowest BCUT2D eigenvalue weighted by Crippen LogP contribution is -2.48. The molecule has 0 saturated carbocycles. The van der Waals surface area contributed by atoms with Crippen LogP contribution in [-0.2, 0) is 20.8 Å². The number of carboxylic acids is 1. The van der Waals surface area contributed by atoms with Crippen molar-refractivity contribution in [2.24, 2.45) is 11.8 Å². The molecular formula is C29H37ClN2O8. The number of carboxylic acid groups (broad SMARTS) is 1. The Hall–Kier alpha value is -3.44. The second-order valence-corrected chi connectivity index (χ2v) is 10.0. The van der Waals surface area contributed by atoms with E-state index in [-0.39, 0.29) is 19.4 Å². The van der Waals surface area contributed by atoms with Gasteiger partial charge in [-0.1, -0.05) is 67.9 Å². The first kappa shape index (κ1) is 32.8. The molecule has 218 valence electrons. The van der Waals surface area contributed by atoms with Gasteiger partial charge in [0.15, 0.2) is 0 Å². The first-order chi connectivity index (χ1) is 18.9. The molecule has 11 heteroatoms. The van der Waals surface area contributed by atoms with Crippen molar-refractivity contribution in [3.05, 3.63) is 76.8 Å². The zero-order chi connectivity index (χ0) is 29.8. The standard InChI is InChI=1S/C29H37ClN2O8/c1-17(29(38)39)16-31-28(37)22(15-19-12-13-24(40-3)21(30)14-19)32-25(34)11-7-10-23(33)18(2)26(35)27(36)20-8-5-4-6-9-20/h4-9,11-14,17-18,22-23,26-27,33,35-36H,10,15-16H2,1-3H3,(H,31,37)(H,32,34)(H,38,39). The molecule has 6 unspecified atom stereocenters. The number of aliphatic carboxylic acids is 1. The maximum absolute atomic E-state index is 12.9. The van der Waals surface area contributed by atoms with Gasteiger partial charge in [-0.3, -0.25) is 14.4 Å². The van der Waals surface area contributed by atoms with Crippen LogP contribution in [-0.4, -0.2) is 70.1 Å². The lowest BCUT2D eigenvalue weighted by atomic mass is 9.89. The number of aliphatic hydroxyl groups is 3. The molecule has 0 aliphatic heterocycles. The van der Waals surface area contributed by atoms with Crippen molar-refractivity contribution < 1.29 is 39.5 Å². The molecule has 0 bridgehead atoms. The molecule has 10 nitrogen and oxygen atoms in total. The third-order valence-corrected chi connectivity index (χ3v) is 6.85. The monoisotopic (exact) mass is 576 g/mol. The summed E-state index contributed by atoms with van der Waals surface area (Å²) in [5.41, 5.74) is 1.15. The fraction of sp³-hybridized carbons (Fsp3) is 0.414. The van der Waals surface area contributed by atoms with Gasteiger partial charge in [0.1, 0.15) is 17.9 Å². The summed E-state index contributed by atoms with van der Waals surface area (Å²) in [7, 11) is 1.47. The Morgan fingerprint density at radius 3 is 2.33 bits per heavy atom. The number of carbonyl (C=O) groups excluding carboxylic acids is 2. The number of ether oxygens (including phenoxy) is 1. The van der Waals surface area contributed by atoms with E-state index in [1.807, 2.05) is 0 Å². The van der Waals surface area contributed by atoms with Crippen LogP contribution in [0.4, 0.5) is 0 Å². The molecule has 0 fully saturated rings. The number of carbonyl (C=O) groups is 3. The van der Waals surface area contributed by atoms with Gasteiger partial charge in [-0.05, 0) is 35.8 Å². The first-order valence-corrected chi connectivity index (χ1v) is 13.2. The lowest BCUT2D eigenvalue weighted by molar-refractivity contribution is -0.141. The second-order valence-electron chi connectivity index (χ2n) is 9.63. The summed E-state index contributed by atoms with van der Waals surface area (Å²) < 4.78 is 5.14. The normalized spacial score (nSPS) is 15.9. The third-order valence-electron chi connectivity index (χ3n) is 6.55. The van der Waals surface area contributed by atoms with E-state index in [1.54, 1.807) is 55.5 Å². The molecule has 0 radical (unpaired) electrons. The highest BCUT2D eigenvalue weighted by Crippen LogP contribution is 2.26. The summed E-state index contributed by atoms with van der Waals surface area (Å²) in [5, 5.41) is 46.0. The molecule has 0 saturated heterocycles. The van der Waals surface area contributed by atoms with Gasteiger partial charge in [0.2, 0.25) is 11.8 Å². The van der Waals surface area contributed by atoms with Crippen LogP contribution in [0.2, 0.25) is 5.02 Å². The molecule has 0 aliphatic rings. The first-order valence-electron chi connectivity index (χ1n) is 12.8. The molecule has 2 aromatic rings. The number of nitrogens with one attached hydrogen (secondary N) is 2. The van der Waals surface area contributed by atoms with Gasteiger partial charge in [-0.2, -0.15) is 0 Å². The number of halogens is 1. The van der Waals surface area contributed by atoms with Crippen molar-refractivity contribution in [2.45, 2.75) is 51.0 Å². The van der Waals surface area contributed by atoms with Crippen molar-refractivity contribution >= 4 is 29.4 Å². The van der Waals surface area contributed by atoms with Crippen LogP contribution in [0.5, 0.6) is 5.75 Å². The van der Waals surface area contributed by atoms with Crippen LogP contribution in [0.3, 0.4) is 0 Å². The van der Waals surface area contributed by atoms with E-state index in [0.717, 1.165) is 6.08 Å². The number of amides is 2. The highest BCUT2D eigenvalue weighted by molar-refractivity contribution is 6.32. The zero-order valence-corrected chi connectivity index (χ0v) is 23.4. The molecule has 0 heterocycles. The number of hydrogen-bond acceptors (Lipinski definition) is 7. The summed E-state index contributed by atoms with van der Waals surface area (Å²) >= 11 is 6.19.